The quantitative estimate of drug-likeness (QED) is 0.603. The Balaban J connectivity index is 2.28. The van der Waals surface area contributed by atoms with E-state index >= 15 is 0 Å². The minimum absolute atomic E-state index is 0.0176. The molecular weight excluding hydrogens is 364 g/mol. The Morgan fingerprint density at radius 1 is 1.09 bits per heavy atom. The lowest BCUT2D eigenvalue weighted by atomic mass is 10.2. The second kappa shape index (κ2) is 7.78. The van der Waals surface area contributed by atoms with Crippen LogP contribution in [0.15, 0.2) is 46.9 Å². The Morgan fingerprint density at radius 3 is 2.52 bits per heavy atom. The number of aromatic carboxylic acids is 1. The third-order valence-corrected chi connectivity index (χ3v) is 3.44. The number of esters is 1. The number of carboxylic acid groups (broad SMARTS) is 1. The minimum atomic E-state index is -1.18. The van der Waals surface area contributed by atoms with E-state index in [0.717, 1.165) is 6.42 Å². The molecule has 2 aromatic carbocycles. The van der Waals surface area contributed by atoms with E-state index in [1.807, 2.05) is 6.92 Å². The maximum absolute atomic E-state index is 12.4. The summed E-state index contributed by atoms with van der Waals surface area (Å²) in [4.78, 5) is 23.6. The second-order valence-corrected chi connectivity index (χ2v) is 5.60. The average molecular weight is 379 g/mol. The SMILES string of the molecule is CCCOc1ccccc1C(=O)Oc1ccc(Br)cc1C(=O)O. The van der Waals surface area contributed by atoms with E-state index in [4.69, 9.17) is 9.47 Å². The van der Waals surface area contributed by atoms with E-state index in [-0.39, 0.29) is 16.9 Å². The second-order valence-electron chi connectivity index (χ2n) is 4.68. The summed E-state index contributed by atoms with van der Waals surface area (Å²) in [6.45, 7) is 2.44. The van der Waals surface area contributed by atoms with Crippen LogP contribution in [0.1, 0.15) is 34.1 Å². The fourth-order valence-corrected chi connectivity index (χ4v) is 2.25. The van der Waals surface area contributed by atoms with Crippen molar-refractivity contribution in [2.24, 2.45) is 0 Å². The molecule has 0 aliphatic heterocycles. The molecule has 0 aliphatic rings. The van der Waals surface area contributed by atoms with Crippen molar-refractivity contribution in [1.29, 1.82) is 0 Å². The van der Waals surface area contributed by atoms with Crippen molar-refractivity contribution in [3.8, 4) is 11.5 Å². The number of benzene rings is 2. The number of carbonyl (C=O) groups is 2. The van der Waals surface area contributed by atoms with Gasteiger partial charge in [0.25, 0.3) is 0 Å². The van der Waals surface area contributed by atoms with Gasteiger partial charge in [-0.15, -0.1) is 0 Å². The Bertz CT molecular complexity index is 727. The van der Waals surface area contributed by atoms with Crippen molar-refractivity contribution >= 4 is 27.9 Å². The first-order valence-electron chi connectivity index (χ1n) is 6.99. The van der Waals surface area contributed by atoms with E-state index in [1.165, 1.54) is 12.1 Å². The van der Waals surface area contributed by atoms with E-state index in [2.05, 4.69) is 15.9 Å². The van der Waals surface area contributed by atoms with Crippen LogP contribution in [-0.4, -0.2) is 23.7 Å². The Morgan fingerprint density at radius 2 is 1.83 bits per heavy atom. The predicted molar refractivity (Wildman–Crippen MR) is 88.3 cm³/mol. The highest BCUT2D eigenvalue weighted by Gasteiger charge is 2.19. The van der Waals surface area contributed by atoms with E-state index in [0.29, 0.717) is 16.8 Å². The molecule has 0 aliphatic carbocycles. The summed E-state index contributed by atoms with van der Waals surface area (Å²) < 4.78 is 11.3. The molecule has 0 bridgehead atoms. The Labute approximate surface area is 142 Å². The topological polar surface area (TPSA) is 72.8 Å². The molecule has 2 rings (SSSR count). The largest absolute Gasteiger partial charge is 0.493 e. The normalized spacial score (nSPS) is 10.2. The number of rotatable bonds is 6. The average Bonchev–Trinajstić information content (AvgIpc) is 2.54. The highest BCUT2D eigenvalue weighted by Crippen LogP contribution is 2.26. The lowest BCUT2D eigenvalue weighted by Crippen LogP contribution is -2.13. The van der Waals surface area contributed by atoms with Gasteiger partial charge in [0, 0.05) is 4.47 Å². The summed E-state index contributed by atoms with van der Waals surface area (Å²) in [5.41, 5.74) is 0.153. The monoisotopic (exact) mass is 378 g/mol. The van der Waals surface area contributed by atoms with E-state index in [1.54, 1.807) is 30.3 Å². The zero-order valence-electron chi connectivity index (χ0n) is 12.4. The van der Waals surface area contributed by atoms with Crippen LogP contribution >= 0.6 is 15.9 Å². The van der Waals surface area contributed by atoms with Crippen molar-refractivity contribution < 1.29 is 24.2 Å². The molecule has 5 nitrogen and oxygen atoms in total. The summed E-state index contributed by atoms with van der Waals surface area (Å²) in [5, 5.41) is 9.21. The van der Waals surface area contributed by atoms with Crippen molar-refractivity contribution in [3.05, 3.63) is 58.1 Å². The molecule has 6 heteroatoms. The molecule has 0 radical (unpaired) electrons. The molecule has 0 spiro atoms. The molecule has 0 heterocycles. The molecule has 0 fully saturated rings. The van der Waals surface area contributed by atoms with Gasteiger partial charge < -0.3 is 14.6 Å². The summed E-state index contributed by atoms with van der Waals surface area (Å²) in [7, 11) is 0. The van der Waals surface area contributed by atoms with Crippen LogP contribution in [0.3, 0.4) is 0 Å². The Hall–Kier alpha value is -2.34. The van der Waals surface area contributed by atoms with E-state index in [9.17, 15) is 14.7 Å². The van der Waals surface area contributed by atoms with Crippen LogP contribution < -0.4 is 9.47 Å². The molecule has 0 saturated carbocycles. The number of hydrogen-bond acceptors (Lipinski definition) is 4. The van der Waals surface area contributed by atoms with Crippen LogP contribution in [0.5, 0.6) is 11.5 Å². The van der Waals surface area contributed by atoms with Gasteiger partial charge >= 0.3 is 11.9 Å². The minimum Gasteiger partial charge on any atom is -0.493 e. The number of hydrogen-bond donors (Lipinski definition) is 1. The molecular formula is C17H15BrO5. The molecule has 120 valence electrons. The lowest BCUT2D eigenvalue weighted by Gasteiger charge is -2.11. The maximum atomic E-state index is 12.4. The van der Waals surface area contributed by atoms with Crippen LogP contribution in [-0.2, 0) is 0 Å². The van der Waals surface area contributed by atoms with Gasteiger partial charge in [0.05, 0.1) is 6.61 Å². The predicted octanol–water partition coefficient (Wildman–Crippen LogP) is 4.16. The van der Waals surface area contributed by atoms with Crippen LogP contribution in [0.25, 0.3) is 0 Å². The third-order valence-electron chi connectivity index (χ3n) is 2.94. The standard InChI is InChI=1S/C17H15BrO5/c1-2-9-22-14-6-4-3-5-12(14)17(21)23-15-8-7-11(18)10-13(15)16(19)20/h3-8,10H,2,9H2,1H3,(H,19,20). The van der Waals surface area contributed by atoms with Gasteiger partial charge in [-0.25, -0.2) is 9.59 Å². The summed E-state index contributed by atoms with van der Waals surface area (Å²) in [5.74, 6) is -1.45. The van der Waals surface area contributed by atoms with Crippen molar-refractivity contribution in [2.75, 3.05) is 6.61 Å². The van der Waals surface area contributed by atoms with Gasteiger partial charge in [-0.2, -0.15) is 0 Å². The Kier molecular flexibility index (Phi) is 5.76. The molecule has 23 heavy (non-hydrogen) atoms. The van der Waals surface area contributed by atoms with Crippen LogP contribution in [0.4, 0.5) is 0 Å². The molecule has 0 saturated heterocycles. The van der Waals surface area contributed by atoms with E-state index < -0.39 is 11.9 Å². The number of carbonyl (C=O) groups excluding carboxylic acids is 1. The fraction of sp³-hybridized carbons (Fsp3) is 0.176. The van der Waals surface area contributed by atoms with Crippen molar-refractivity contribution in [3.63, 3.8) is 0 Å². The highest BCUT2D eigenvalue weighted by molar-refractivity contribution is 9.10. The zero-order chi connectivity index (χ0) is 16.8. The summed E-state index contributed by atoms with van der Waals surface area (Å²) in [6, 6.07) is 11.1. The number of ether oxygens (including phenoxy) is 2. The van der Waals surface area contributed by atoms with Crippen LogP contribution in [0, 0.1) is 0 Å². The van der Waals surface area contributed by atoms with Gasteiger partial charge in [-0.05, 0) is 36.8 Å². The smallest absolute Gasteiger partial charge is 0.347 e. The molecule has 0 atom stereocenters. The first kappa shape index (κ1) is 17.0. The van der Waals surface area contributed by atoms with Crippen molar-refractivity contribution in [2.45, 2.75) is 13.3 Å². The van der Waals surface area contributed by atoms with Gasteiger partial charge in [-0.3, -0.25) is 0 Å². The van der Waals surface area contributed by atoms with Gasteiger partial charge in [-0.1, -0.05) is 35.0 Å². The molecule has 2 aromatic rings. The van der Waals surface area contributed by atoms with Gasteiger partial charge in [0.15, 0.2) is 0 Å². The number of para-hydroxylation sites is 1. The fourth-order valence-electron chi connectivity index (χ4n) is 1.89. The van der Waals surface area contributed by atoms with Gasteiger partial charge in [0.1, 0.15) is 22.6 Å². The number of carboxylic acids is 1. The lowest BCUT2D eigenvalue weighted by molar-refractivity contribution is 0.0680. The molecule has 0 amide bonds. The highest BCUT2D eigenvalue weighted by atomic mass is 79.9. The van der Waals surface area contributed by atoms with Crippen LogP contribution in [0.2, 0.25) is 0 Å². The first-order chi connectivity index (χ1) is 11.0. The summed E-state index contributed by atoms with van der Waals surface area (Å²) >= 11 is 3.19. The first-order valence-corrected chi connectivity index (χ1v) is 7.79. The number of halogens is 1. The third kappa shape index (κ3) is 4.32. The molecule has 0 unspecified atom stereocenters. The molecule has 0 aromatic heterocycles. The molecule has 1 N–H and O–H groups in total. The maximum Gasteiger partial charge on any atom is 0.347 e. The van der Waals surface area contributed by atoms with Crippen molar-refractivity contribution in [1.82, 2.24) is 0 Å². The van der Waals surface area contributed by atoms with Gasteiger partial charge in [0.2, 0.25) is 0 Å². The zero-order valence-corrected chi connectivity index (χ0v) is 14.0. The summed E-state index contributed by atoms with van der Waals surface area (Å²) in [6.07, 6.45) is 0.805.